The molecule has 3 nitrogen and oxygen atoms in total. The van der Waals surface area contributed by atoms with Crippen LogP contribution in [0.1, 0.15) is 29.8 Å². The number of carboxylic acid groups (broad SMARTS) is 1. The van der Waals surface area contributed by atoms with E-state index in [0.717, 1.165) is 19.6 Å². The molecule has 1 rings (SSSR count). The third kappa shape index (κ3) is 3.61. The largest absolute Gasteiger partial charge is 0.478 e. The lowest BCUT2D eigenvalue weighted by atomic mass is 10.0. The maximum Gasteiger partial charge on any atom is 0.336 e. The van der Waals surface area contributed by atoms with Gasteiger partial charge in [0, 0.05) is 6.54 Å². The van der Waals surface area contributed by atoms with Crippen molar-refractivity contribution in [2.75, 3.05) is 19.6 Å². The van der Waals surface area contributed by atoms with Gasteiger partial charge in [0.2, 0.25) is 0 Å². The average molecular weight is 290 g/mol. The van der Waals surface area contributed by atoms with Gasteiger partial charge in [-0.05, 0) is 37.2 Å². The first-order valence-electron chi connectivity index (χ1n) is 5.93. The van der Waals surface area contributed by atoms with Crippen molar-refractivity contribution in [3.63, 3.8) is 0 Å². The Hall–Kier alpha value is -0.770. The fraction of sp³-hybridized carbons (Fsp3) is 0.462. The van der Waals surface area contributed by atoms with Crippen LogP contribution in [0.25, 0.3) is 0 Å². The molecule has 0 aliphatic carbocycles. The summed E-state index contributed by atoms with van der Waals surface area (Å²) in [7, 11) is 0. The lowest BCUT2D eigenvalue weighted by Crippen LogP contribution is -2.26. The first-order valence-corrected chi connectivity index (χ1v) is 6.69. The molecule has 5 heteroatoms. The molecule has 100 valence electrons. The van der Waals surface area contributed by atoms with Crippen LogP contribution in [-0.2, 0) is 6.42 Å². The Balaban J connectivity index is 2.98. The van der Waals surface area contributed by atoms with E-state index in [-0.39, 0.29) is 5.56 Å². The quantitative estimate of drug-likeness (QED) is 0.870. The Morgan fingerprint density at radius 3 is 2.39 bits per heavy atom. The Kier molecular flexibility index (Phi) is 5.93. The summed E-state index contributed by atoms with van der Waals surface area (Å²) in [6.45, 7) is 6.77. The number of hydrogen-bond acceptors (Lipinski definition) is 2. The molecular weight excluding hydrogens is 273 g/mol. The number of likely N-dealkylation sites (N-methyl/N-ethyl adjacent to an activating group) is 1. The molecule has 0 bridgehead atoms. The van der Waals surface area contributed by atoms with E-state index in [4.69, 9.17) is 28.3 Å². The number of carboxylic acids is 1. The fourth-order valence-corrected chi connectivity index (χ4v) is 2.28. The summed E-state index contributed by atoms with van der Waals surface area (Å²) in [4.78, 5) is 13.4. The van der Waals surface area contributed by atoms with E-state index in [1.54, 1.807) is 0 Å². The van der Waals surface area contributed by atoms with Gasteiger partial charge >= 0.3 is 5.97 Å². The highest BCUT2D eigenvalue weighted by molar-refractivity contribution is 6.42. The zero-order valence-corrected chi connectivity index (χ0v) is 12.1. The van der Waals surface area contributed by atoms with E-state index >= 15 is 0 Å². The van der Waals surface area contributed by atoms with Crippen molar-refractivity contribution in [1.29, 1.82) is 0 Å². The second kappa shape index (κ2) is 6.98. The van der Waals surface area contributed by atoms with Crippen LogP contribution in [0.3, 0.4) is 0 Å². The van der Waals surface area contributed by atoms with Gasteiger partial charge in [0.05, 0.1) is 15.6 Å². The van der Waals surface area contributed by atoms with Crippen LogP contribution in [0.4, 0.5) is 0 Å². The van der Waals surface area contributed by atoms with Gasteiger partial charge in [-0.3, -0.25) is 0 Å². The second-order valence-corrected chi connectivity index (χ2v) is 4.75. The van der Waals surface area contributed by atoms with E-state index in [9.17, 15) is 4.79 Å². The molecule has 0 fully saturated rings. The van der Waals surface area contributed by atoms with Crippen molar-refractivity contribution >= 4 is 29.2 Å². The van der Waals surface area contributed by atoms with Gasteiger partial charge in [0.25, 0.3) is 0 Å². The molecule has 0 aliphatic heterocycles. The standard InChI is InChI=1S/C13H17Cl2NO2/c1-3-16(4-2)8-7-9-10(13(17)18)5-6-11(14)12(9)15/h5-6H,3-4,7-8H2,1-2H3,(H,17,18). The maximum atomic E-state index is 11.2. The lowest BCUT2D eigenvalue weighted by Gasteiger charge is -2.19. The van der Waals surface area contributed by atoms with Crippen molar-refractivity contribution in [3.05, 3.63) is 33.3 Å². The van der Waals surface area contributed by atoms with Gasteiger partial charge in [0.15, 0.2) is 0 Å². The molecule has 0 saturated heterocycles. The molecule has 0 radical (unpaired) electrons. The van der Waals surface area contributed by atoms with Gasteiger partial charge in [0.1, 0.15) is 0 Å². The molecule has 0 saturated carbocycles. The number of halogens is 2. The molecule has 0 atom stereocenters. The number of benzene rings is 1. The number of rotatable bonds is 6. The zero-order valence-electron chi connectivity index (χ0n) is 10.5. The van der Waals surface area contributed by atoms with Crippen LogP contribution in [0.5, 0.6) is 0 Å². The van der Waals surface area contributed by atoms with E-state index in [1.807, 2.05) is 0 Å². The predicted octanol–water partition coefficient (Wildman–Crippen LogP) is 3.58. The Labute approximate surface area is 117 Å². The number of nitrogens with zero attached hydrogens (tertiary/aromatic N) is 1. The average Bonchev–Trinajstić information content (AvgIpc) is 2.35. The summed E-state index contributed by atoms with van der Waals surface area (Å²) in [5.41, 5.74) is 0.847. The molecule has 1 N–H and O–H groups in total. The van der Waals surface area contributed by atoms with Crippen LogP contribution >= 0.6 is 23.2 Å². The molecule has 0 aliphatic rings. The maximum absolute atomic E-state index is 11.2. The van der Waals surface area contributed by atoms with E-state index in [2.05, 4.69) is 18.7 Å². The van der Waals surface area contributed by atoms with Crippen LogP contribution in [0.2, 0.25) is 10.0 Å². The van der Waals surface area contributed by atoms with Crippen molar-refractivity contribution in [2.24, 2.45) is 0 Å². The minimum absolute atomic E-state index is 0.233. The van der Waals surface area contributed by atoms with E-state index in [0.29, 0.717) is 22.0 Å². The molecule has 1 aromatic carbocycles. The first-order chi connectivity index (χ1) is 8.51. The Morgan fingerprint density at radius 2 is 1.89 bits per heavy atom. The summed E-state index contributed by atoms with van der Waals surface area (Å²) in [6, 6.07) is 3.03. The fourth-order valence-electron chi connectivity index (χ4n) is 1.85. The highest BCUT2D eigenvalue weighted by Crippen LogP contribution is 2.29. The minimum Gasteiger partial charge on any atom is -0.478 e. The van der Waals surface area contributed by atoms with Crippen molar-refractivity contribution in [3.8, 4) is 0 Å². The highest BCUT2D eigenvalue weighted by atomic mass is 35.5. The Morgan fingerprint density at radius 1 is 1.28 bits per heavy atom. The summed E-state index contributed by atoms with van der Waals surface area (Å²) >= 11 is 12.0. The first kappa shape index (κ1) is 15.3. The lowest BCUT2D eigenvalue weighted by molar-refractivity contribution is 0.0695. The predicted molar refractivity (Wildman–Crippen MR) is 74.9 cm³/mol. The number of aromatic carboxylic acids is 1. The van der Waals surface area contributed by atoms with Crippen LogP contribution in [0.15, 0.2) is 12.1 Å². The third-order valence-corrected chi connectivity index (χ3v) is 3.84. The zero-order chi connectivity index (χ0) is 13.7. The third-order valence-electron chi connectivity index (χ3n) is 3.00. The van der Waals surface area contributed by atoms with Gasteiger partial charge in [-0.1, -0.05) is 37.0 Å². The smallest absolute Gasteiger partial charge is 0.336 e. The molecule has 0 amide bonds. The SMILES string of the molecule is CCN(CC)CCc1c(C(=O)O)ccc(Cl)c1Cl. The second-order valence-electron chi connectivity index (χ2n) is 3.97. The molecular formula is C13H17Cl2NO2. The van der Waals surface area contributed by atoms with Crippen LogP contribution in [0, 0.1) is 0 Å². The Bertz CT molecular complexity index is 431. The summed E-state index contributed by atoms with van der Waals surface area (Å²) in [6.07, 6.45) is 0.586. The van der Waals surface area contributed by atoms with Crippen LogP contribution in [-0.4, -0.2) is 35.6 Å². The monoisotopic (exact) mass is 289 g/mol. The van der Waals surface area contributed by atoms with E-state index in [1.165, 1.54) is 12.1 Å². The van der Waals surface area contributed by atoms with Crippen molar-refractivity contribution in [2.45, 2.75) is 20.3 Å². The van der Waals surface area contributed by atoms with Gasteiger partial charge in [-0.25, -0.2) is 4.79 Å². The normalized spacial score (nSPS) is 10.9. The number of hydrogen-bond donors (Lipinski definition) is 1. The minimum atomic E-state index is -0.969. The molecule has 18 heavy (non-hydrogen) atoms. The van der Waals surface area contributed by atoms with Crippen LogP contribution < -0.4 is 0 Å². The summed E-state index contributed by atoms with van der Waals surface area (Å²) in [5.74, 6) is -0.969. The van der Waals surface area contributed by atoms with Gasteiger partial charge < -0.3 is 10.0 Å². The summed E-state index contributed by atoms with van der Waals surface area (Å²) < 4.78 is 0. The van der Waals surface area contributed by atoms with Gasteiger partial charge in [-0.15, -0.1) is 0 Å². The molecule has 0 unspecified atom stereocenters. The molecule has 1 aromatic rings. The van der Waals surface area contributed by atoms with Crippen molar-refractivity contribution in [1.82, 2.24) is 4.90 Å². The molecule has 0 aromatic heterocycles. The van der Waals surface area contributed by atoms with E-state index < -0.39 is 5.97 Å². The molecule has 0 spiro atoms. The van der Waals surface area contributed by atoms with Crippen molar-refractivity contribution < 1.29 is 9.90 Å². The molecule has 0 heterocycles. The number of carbonyl (C=O) groups is 1. The topological polar surface area (TPSA) is 40.5 Å². The van der Waals surface area contributed by atoms with Gasteiger partial charge in [-0.2, -0.15) is 0 Å². The summed E-state index contributed by atoms with van der Waals surface area (Å²) in [5, 5.41) is 9.90. The highest BCUT2D eigenvalue weighted by Gasteiger charge is 2.16.